The molecule has 106 valence electrons. The maximum atomic E-state index is 12.2. The average molecular weight is 368 g/mol. The number of halogens is 1. The minimum atomic E-state index is -3.57. The van der Waals surface area contributed by atoms with E-state index in [9.17, 15) is 16.8 Å². The van der Waals surface area contributed by atoms with Gasteiger partial charge in [0.05, 0.1) is 10.1 Å². The molecule has 0 amide bonds. The van der Waals surface area contributed by atoms with E-state index in [1.165, 1.54) is 16.4 Å². The van der Waals surface area contributed by atoms with Crippen molar-refractivity contribution >= 4 is 35.8 Å². The Morgan fingerprint density at radius 1 is 1.16 bits per heavy atom. The lowest BCUT2D eigenvalue weighted by Crippen LogP contribution is -2.57. The first kappa shape index (κ1) is 15.0. The van der Waals surface area contributed by atoms with Gasteiger partial charge in [0.1, 0.15) is 0 Å². The molecule has 1 aliphatic rings. The van der Waals surface area contributed by atoms with Crippen LogP contribution < -0.4 is 0 Å². The molecule has 8 heteroatoms. The number of hydrogen-bond acceptors (Lipinski definition) is 4. The summed E-state index contributed by atoms with van der Waals surface area (Å²) in [6.07, 6.45) is 0. The lowest BCUT2D eigenvalue weighted by atomic mass is 10.3. The highest BCUT2D eigenvalue weighted by Gasteiger charge is 2.42. The van der Waals surface area contributed by atoms with Crippen molar-refractivity contribution in [3.8, 4) is 0 Å². The zero-order valence-electron chi connectivity index (χ0n) is 10.3. The van der Waals surface area contributed by atoms with Crippen LogP contribution in [0.3, 0.4) is 0 Å². The van der Waals surface area contributed by atoms with Crippen LogP contribution in [0.1, 0.15) is 6.92 Å². The molecule has 0 radical (unpaired) electrons. The molecule has 19 heavy (non-hydrogen) atoms. The molecular weight excluding hydrogens is 354 g/mol. The first-order chi connectivity index (χ1) is 8.77. The van der Waals surface area contributed by atoms with Crippen molar-refractivity contribution in [3.63, 3.8) is 0 Å². The highest BCUT2D eigenvalue weighted by Crippen LogP contribution is 2.26. The van der Waals surface area contributed by atoms with Gasteiger partial charge in [0.2, 0.25) is 10.0 Å². The summed E-state index contributed by atoms with van der Waals surface area (Å²) in [6.45, 7) is 1.67. The fourth-order valence-electron chi connectivity index (χ4n) is 1.82. The zero-order chi connectivity index (χ0) is 14.3. The number of nitrogens with zero attached hydrogens (tertiary/aromatic N) is 1. The van der Waals surface area contributed by atoms with Crippen LogP contribution in [-0.4, -0.2) is 45.2 Å². The summed E-state index contributed by atoms with van der Waals surface area (Å²) in [6, 6.07) is 6.29. The van der Waals surface area contributed by atoms with E-state index in [0.717, 1.165) is 4.47 Å². The first-order valence-corrected chi connectivity index (χ1v) is 9.69. The van der Waals surface area contributed by atoms with Gasteiger partial charge in [0, 0.05) is 23.3 Å². The largest absolute Gasteiger partial charge is 0.243 e. The summed E-state index contributed by atoms with van der Waals surface area (Å²) in [5.74, 6) is 0.0455. The van der Waals surface area contributed by atoms with E-state index in [2.05, 4.69) is 15.9 Å². The predicted octanol–water partition coefficient (Wildman–Crippen LogP) is 1.26. The summed E-state index contributed by atoms with van der Waals surface area (Å²) < 4.78 is 49.6. The SMILES string of the molecule is CCS(=O)(=O)C1CN(S(=O)(=O)c2ccc(Br)cc2)C1. The van der Waals surface area contributed by atoms with Gasteiger partial charge in [-0.05, 0) is 24.3 Å². The standard InChI is InChI=1S/C11H14BrNO4S2/c1-2-18(14,15)11-7-13(8-11)19(16,17)10-5-3-9(12)4-6-10/h3-6,11H,2,7-8H2,1H3. The average Bonchev–Trinajstić information content (AvgIpc) is 2.26. The van der Waals surface area contributed by atoms with Crippen LogP contribution in [0.25, 0.3) is 0 Å². The summed E-state index contributed by atoms with van der Waals surface area (Å²) in [5, 5.41) is -0.567. The summed E-state index contributed by atoms with van der Waals surface area (Å²) in [5.41, 5.74) is 0. The van der Waals surface area contributed by atoms with Crippen LogP contribution in [0, 0.1) is 0 Å². The second-order valence-corrected chi connectivity index (χ2v) is 9.77. The molecule has 1 aliphatic heterocycles. The highest BCUT2D eigenvalue weighted by molar-refractivity contribution is 9.10. The number of sulfonamides is 1. The van der Waals surface area contributed by atoms with Crippen LogP contribution in [-0.2, 0) is 19.9 Å². The molecule has 0 bridgehead atoms. The highest BCUT2D eigenvalue weighted by atomic mass is 79.9. The topological polar surface area (TPSA) is 71.5 Å². The van der Waals surface area contributed by atoms with Crippen LogP contribution >= 0.6 is 15.9 Å². The Kier molecular flexibility index (Phi) is 4.06. The Morgan fingerprint density at radius 3 is 2.16 bits per heavy atom. The minimum Gasteiger partial charge on any atom is -0.228 e. The van der Waals surface area contributed by atoms with Crippen molar-refractivity contribution in [3.05, 3.63) is 28.7 Å². The van der Waals surface area contributed by atoms with E-state index < -0.39 is 25.1 Å². The smallest absolute Gasteiger partial charge is 0.228 e. The van der Waals surface area contributed by atoms with Gasteiger partial charge >= 0.3 is 0 Å². The molecular formula is C11H14BrNO4S2. The van der Waals surface area contributed by atoms with E-state index in [1.54, 1.807) is 19.1 Å². The predicted molar refractivity (Wildman–Crippen MR) is 76.1 cm³/mol. The van der Waals surface area contributed by atoms with Gasteiger partial charge in [-0.3, -0.25) is 0 Å². The molecule has 1 saturated heterocycles. The minimum absolute atomic E-state index is 0.0455. The van der Waals surface area contributed by atoms with Crippen molar-refractivity contribution in [2.75, 3.05) is 18.8 Å². The Bertz CT molecular complexity index is 661. The van der Waals surface area contributed by atoms with Gasteiger partial charge in [-0.2, -0.15) is 4.31 Å². The number of benzene rings is 1. The van der Waals surface area contributed by atoms with Crippen molar-refractivity contribution in [2.45, 2.75) is 17.1 Å². The molecule has 1 aromatic carbocycles. The van der Waals surface area contributed by atoms with Gasteiger partial charge in [-0.25, -0.2) is 16.8 Å². The third kappa shape index (κ3) is 2.86. The molecule has 0 N–H and O–H groups in total. The van der Waals surface area contributed by atoms with Crippen LogP contribution in [0.2, 0.25) is 0 Å². The van der Waals surface area contributed by atoms with Crippen molar-refractivity contribution in [1.82, 2.24) is 4.31 Å². The van der Waals surface area contributed by atoms with Crippen molar-refractivity contribution in [2.24, 2.45) is 0 Å². The van der Waals surface area contributed by atoms with Gasteiger partial charge in [0.25, 0.3) is 0 Å². The lowest BCUT2D eigenvalue weighted by molar-refractivity contribution is 0.310. The quantitative estimate of drug-likeness (QED) is 0.802. The Balaban J connectivity index is 2.15. The Morgan fingerprint density at radius 2 is 1.68 bits per heavy atom. The van der Waals surface area contributed by atoms with E-state index in [4.69, 9.17) is 0 Å². The van der Waals surface area contributed by atoms with E-state index >= 15 is 0 Å². The Hall–Kier alpha value is -0.440. The second kappa shape index (κ2) is 5.16. The van der Waals surface area contributed by atoms with E-state index in [1.807, 2.05) is 0 Å². The molecule has 0 saturated carbocycles. The molecule has 1 fully saturated rings. The summed E-state index contributed by atoms with van der Waals surface area (Å²) in [7, 11) is -6.73. The van der Waals surface area contributed by atoms with Crippen LogP contribution in [0.5, 0.6) is 0 Å². The molecule has 1 heterocycles. The van der Waals surface area contributed by atoms with Gasteiger partial charge in [0.15, 0.2) is 9.84 Å². The van der Waals surface area contributed by atoms with Crippen LogP contribution in [0.4, 0.5) is 0 Å². The monoisotopic (exact) mass is 367 g/mol. The number of sulfone groups is 1. The third-order valence-corrected chi connectivity index (χ3v) is 7.67. The zero-order valence-corrected chi connectivity index (χ0v) is 13.5. The number of hydrogen-bond donors (Lipinski definition) is 0. The van der Waals surface area contributed by atoms with Gasteiger partial charge in [-0.15, -0.1) is 0 Å². The first-order valence-electron chi connectivity index (χ1n) is 5.74. The summed E-state index contributed by atoms with van der Waals surface area (Å²) in [4.78, 5) is 0.183. The fourth-order valence-corrected chi connectivity index (χ4v) is 5.08. The maximum absolute atomic E-state index is 12.2. The van der Waals surface area contributed by atoms with Gasteiger partial charge in [-0.1, -0.05) is 22.9 Å². The molecule has 1 aromatic rings. The van der Waals surface area contributed by atoms with Crippen molar-refractivity contribution < 1.29 is 16.8 Å². The number of rotatable bonds is 4. The molecule has 0 unspecified atom stereocenters. The molecule has 0 aliphatic carbocycles. The van der Waals surface area contributed by atoms with Crippen LogP contribution in [0.15, 0.2) is 33.6 Å². The maximum Gasteiger partial charge on any atom is 0.243 e. The molecule has 0 atom stereocenters. The molecule has 0 spiro atoms. The van der Waals surface area contributed by atoms with Gasteiger partial charge < -0.3 is 0 Å². The normalized spacial score (nSPS) is 18.2. The van der Waals surface area contributed by atoms with E-state index in [-0.39, 0.29) is 23.7 Å². The molecule has 5 nitrogen and oxygen atoms in total. The van der Waals surface area contributed by atoms with Crippen molar-refractivity contribution in [1.29, 1.82) is 0 Å². The van der Waals surface area contributed by atoms with E-state index in [0.29, 0.717) is 0 Å². The Labute approximate surface area is 121 Å². The molecule has 2 rings (SSSR count). The second-order valence-electron chi connectivity index (χ2n) is 4.35. The third-order valence-electron chi connectivity index (χ3n) is 3.18. The lowest BCUT2D eigenvalue weighted by Gasteiger charge is -2.37. The summed E-state index contributed by atoms with van der Waals surface area (Å²) >= 11 is 3.24. The molecule has 0 aromatic heterocycles. The fraction of sp³-hybridized carbons (Fsp3) is 0.455.